The molecule has 1 fully saturated rings. The van der Waals surface area contributed by atoms with Crippen LogP contribution in [0.3, 0.4) is 0 Å². The van der Waals surface area contributed by atoms with Gasteiger partial charge in [-0.25, -0.2) is 10.8 Å². The maximum atomic E-state index is 5.43. The summed E-state index contributed by atoms with van der Waals surface area (Å²) in [6.07, 6.45) is 0.951. The Hall–Kier alpha value is -0.850. The number of hydrogen-bond acceptors (Lipinski definition) is 4. The number of hydrogen-bond donors (Lipinski definition) is 3. The number of nitrogens with two attached hydrogens (primary N) is 1. The van der Waals surface area contributed by atoms with Gasteiger partial charge < -0.3 is 14.8 Å². The maximum Gasteiger partial charge on any atom is 0.206 e. The van der Waals surface area contributed by atoms with Crippen LogP contribution >= 0.6 is 0 Å². The van der Waals surface area contributed by atoms with Crippen LogP contribution in [-0.2, 0) is 9.47 Å². The Balaban J connectivity index is 2.53. The third-order valence-electron chi connectivity index (χ3n) is 2.53. The molecule has 1 aliphatic heterocycles. The number of rotatable bonds is 4. The van der Waals surface area contributed by atoms with E-state index in [1.165, 1.54) is 0 Å². The van der Waals surface area contributed by atoms with Gasteiger partial charge in [-0.1, -0.05) is 0 Å². The molecule has 2 atom stereocenters. The summed E-state index contributed by atoms with van der Waals surface area (Å²) in [6.45, 7) is 6.07. The van der Waals surface area contributed by atoms with Crippen molar-refractivity contribution in [2.75, 3.05) is 26.9 Å². The molecule has 0 aromatic heterocycles. The fourth-order valence-electron chi connectivity index (χ4n) is 1.66. The maximum absolute atomic E-state index is 5.43. The summed E-state index contributed by atoms with van der Waals surface area (Å²) >= 11 is 0. The van der Waals surface area contributed by atoms with Gasteiger partial charge in [0.1, 0.15) is 0 Å². The van der Waals surface area contributed by atoms with Crippen molar-refractivity contribution >= 4 is 5.96 Å². The number of methoxy groups -OCH3 is 1. The van der Waals surface area contributed by atoms with Crippen molar-refractivity contribution < 1.29 is 9.47 Å². The van der Waals surface area contributed by atoms with Gasteiger partial charge in [-0.2, -0.15) is 0 Å². The molecule has 0 aromatic rings. The van der Waals surface area contributed by atoms with Crippen molar-refractivity contribution in [3.63, 3.8) is 0 Å². The van der Waals surface area contributed by atoms with Crippen molar-refractivity contribution in [2.45, 2.75) is 31.8 Å². The molecule has 1 saturated heterocycles. The zero-order valence-corrected chi connectivity index (χ0v) is 10.2. The van der Waals surface area contributed by atoms with Crippen LogP contribution in [0.4, 0.5) is 0 Å². The van der Waals surface area contributed by atoms with E-state index in [9.17, 15) is 0 Å². The lowest BCUT2D eigenvalue weighted by atomic mass is 10.0. The normalized spacial score (nSPS) is 27.9. The first-order valence-corrected chi connectivity index (χ1v) is 5.49. The molecular weight excluding hydrogens is 208 g/mol. The van der Waals surface area contributed by atoms with Crippen LogP contribution in [0.15, 0.2) is 4.99 Å². The topological polar surface area (TPSA) is 80.9 Å². The van der Waals surface area contributed by atoms with Crippen molar-refractivity contribution in [2.24, 2.45) is 10.8 Å². The average Bonchev–Trinajstić information content (AvgIpc) is 2.64. The second-order valence-corrected chi connectivity index (χ2v) is 4.41. The van der Waals surface area contributed by atoms with Crippen LogP contribution in [0.1, 0.15) is 20.3 Å². The van der Waals surface area contributed by atoms with E-state index < -0.39 is 0 Å². The Morgan fingerprint density at radius 1 is 1.69 bits per heavy atom. The molecule has 0 radical (unpaired) electrons. The van der Waals surface area contributed by atoms with Gasteiger partial charge in [-0.15, -0.1) is 0 Å². The minimum atomic E-state index is -0.0853. The highest BCUT2D eigenvalue weighted by atomic mass is 16.5. The molecule has 1 rings (SSSR count). The molecule has 2 unspecified atom stereocenters. The molecule has 0 spiro atoms. The second kappa shape index (κ2) is 6.03. The van der Waals surface area contributed by atoms with Gasteiger partial charge in [0.25, 0.3) is 0 Å². The zero-order valence-electron chi connectivity index (χ0n) is 10.2. The molecule has 1 heterocycles. The first-order chi connectivity index (χ1) is 7.59. The van der Waals surface area contributed by atoms with E-state index in [1.807, 2.05) is 6.92 Å². The lowest BCUT2D eigenvalue weighted by molar-refractivity contribution is 0.176. The largest absolute Gasteiger partial charge is 0.382 e. The highest BCUT2D eigenvalue weighted by molar-refractivity contribution is 5.80. The van der Waals surface area contributed by atoms with Gasteiger partial charge >= 0.3 is 0 Å². The molecular formula is C10H22N4O2. The molecule has 94 valence electrons. The first-order valence-electron chi connectivity index (χ1n) is 5.49. The molecule has 0 saturated carbocycles. The van der Waals surface area contributed by atoms with Gasteiger partial charge in [0.2, 0.25) is 5.96 Å². The quantitative estimate of drug-likeness (QED) is 0.265. The Morgan fingerprint density at radius 3 is 2.94 bits per heavy atom. The van der Waals surface area contributed by atoms with Crippen molar-refractivity contribution in [3.8, 4) is 0 Å². The van der Waals surface area contributed by atoms with Gasteiger partial charge in [0.05, 0.1) is 24.8 Å². The fraction of sp³-hybridized carbons (Fsp3) is 0.900. The van der Waals surface area contributed by atoms with E-state index in [1.54, 1.807) is 7.11 Å². The molecule has 16 heavy (non-hydrogen) atoms. The van der Waals surface area contributed by atoms with Gasteiger partial charge in [0.15, 0.2) is 0 Å². The summed E-state index contributed by atoms with van der Waals surface area (Å²) in [7, 11) is 1.65. The van der Waals surface area contributed by atoms with Crippen molar-refractivity contribution in [1.82, 2.24) is 10.7 Å². The number of nitrogens with one attached hydrogen (secondary N) is 2. The van der Waals surface area contributed by atoms with Crippen LogP contribution in [0.5, 0.6) is 0 Å². The first kappa shape index (κ1) is 13.2. The number of ether oxygens (including phenoxy) is 2. The van der Waals surface area contributed by atoms with Crippen LogP contribution in [-0.4, -0.2) is 44.5 Å². The summed E-state index contributed by atoms with van der Waals surface area (Å²) in [6, 6.07) is 0.0643. The molecule has 0 bridgehead atoms. The van der Waals surface area contributed by atoms with Crippen LogP contribution in [0.2, 0.25) is 0 Å². The van der Waals surface area contributed by atoms with Crippen molar-refractivity contribution in [3.05, 3.63) is 0 Å². The Kier molecular flexibility index (Phi) is 4.98. The van der Waals surface area contributed by atoms with Crippen molar-refractivity contribution in [1.29, 1.82) is 0 Å². The monoisotopic (exact) mass is 230 g/mol. The molecule has 0 amide bonds. The Bertz CT molecular complexity index is 239. The molecule has 0 aromatic carbocycles. The highest BCUT2D eigenvalue weighted by Gasteiger charge is 2.30. The van der Waals surface area contributed by atoms with E-state index in [0.29, 0.717) is 19.2 Å². The van der Waals surface area contributed by atoms with Crippen LogP contribution in [0, 0.1) is 0 Å². The summed E-state index contributed by atoms with van der Waals surface area (Å²) in [5.41, 5.74) is 2.49. The Labute approximate surface area is 96.6 Å². The van der Waals surface area contributed by atoms with E-state index in [0.717, 1.165) is 13.0 Å². The molecule has 1 aliphatic rings. The molecule has 6 nitrogen and oxygen atoms in total. The van der Waals surface area contributed by atoms with E-state index in [2.05, 4.69) is 22.7 Å². The summed E-state index contributed by atoms with van der Waals surface area (Å²) in [5.74, 6) is 6.01. The second-order valence-electron chi connectivity index (χ2n) is 4.41. The van der Waals surface area contributed by atoms with E-state index in [4.69, 9.17) is 15.3 Å². The SMILES string of the molecule is COCC(C)N=C(NN)NC1(C)CCOC1. The van der Waals surface area contributed by atoms with Gasteiger partial charge in [0, 0.05) is 13.7 Å². The minimum Gasteiger partial charge on any atom is -0.382 e. The summed E-state index contributed by atoms with van der Waals surface area (Å²) in [4.78, 5) is 4.38. The molecule has 4 N–H and O–H groups in total. The fourth-order valence-corrected chi connectivity index (χ4v) is 1.66. The standard InChI is InChI=1S/C10H22N4O2/c1-8(6-15-3)12-9(14-11)13-10(2)4-5-16-7-10/h8H,4-7,11H2,1-3H3,(H2,12,13,14). The smallest absolute Gasteiger partial charge is 0.206 e. The number of guanidine groups is 1. The van der Waals surface area contributed by atoms with Crippen LogP contribution in [0.25, 0.3) is 0 Å². The zero-order chi connectivity index (χ0) is 12.0. The number of nitrogens with zero attached hydrogens (tertiary/aromatic N) is 1. The highest BCUT2D eigenvalue weighted by Crippen LogP contribution is 2.17. The third-order valence-corrected chi connectivity index (χ3v) is 2.53. The van der Waals surface area contributed by atoms with E-state index >= 15 is 0 Å². The lowest BCUT2D eigenvalue weighted by Gasteiger charge is -2.26. The Morgan fingerprint density at radius 2 is 2.44 bits per heavy atom. The summed E-state index contributed by atoms with van der Waals surface area (Å²) < 4.78 is 10.4. The molecule has 6 heteroatoms. The minimum absolute atomic E-state index is 0.0643. The number of hydrazine groups is 1. The van der Waals surface area contributed by atoms with E-state index in [-0.39, 0.29) is 11.6 Å². The lowest BCUT2D eigenvalue weighted by Crippen LogP contribution is -2.53. The predicted molar refractivity (Wildman–Crippen MR) is 63.1 cm³/mol. The average molecular weight is 230 g/mol. The third kappa shape index (κ3) is 3.96. The number of aliphatic imine (C=N–C) groups is 1. The van der Waals surface area contributed by atoms with Gasteiger partial charge in [-0.3, -0.25) is 5.43 Å². The van der Waals surface area contributed by atoms with Gasteiger partial charge in [-0.05, 0) is 20.3 Å². The summed E-state index contributed by atoms with van der Waals surface area (Å²) in [5, 5.41) is 3.26. The predicted octanol–water partition coefficient (Wildman–Crippen LogP) is -0.391. The van der Waals surface area contributed by atoms with Crippen LogP contribution < -0.4 is 16.6 Å². The molecule has 0 aliphatic carbocycles.